The molecular formula is C55H34N4O. The van der Waals surface area contributed by atoms with E-state index >= 15 is 0 Å². The molecule has 0 saturated heterocycles. The van der Waals surface area contributed by atoms with E-state index in [-0.39, 0.29) is 23.0 Å². The van der Waals surface area contributed by atoms with Crippen molar-refractivity contribution in [1.29, 1.82) is 0 Å². The quantitative estimate of drug-likeness (QED) is 0.169. The second-order valence-electron chi connectivity index (χ2n) is 14.9. The SMILES string of the molecule is [2H]c1c([2H])c([2H])c(-c2nc(-c3ccc4ccccc4c3)nc(-c3cc(-n4c5ccccc5c5ccccc54)cc4c3oc3cc(-c5cccc(-c6ccccc6)c5)ccc34)n2)c([2H])c1[2H]. The Labute approximate surface area is 352 Å². The highest BCUT2D eigenvalue weighted by Crippen LogP contribution is 2.42. The maximum Gasteiger partial charge on any atom is 0.167 e. The number of furan rings is 1. The lowest BCUT2D eigenvalue weighted by atomic mass is 9.98. The summed E-state index contributed by atoms with van der Waals surface area (Å²) >= 11 is 0. The second kappa shape index (κ2) is 13.8. The number of benzene rings is 9. The van der Waals surface area contributed by atoms with Crippen LogP contribution in [0.25, 0.3) is 117 Å². The van der Waals surface area contributed by atoms with Crippen LogP contribution in [0, 0.1) is 0 Å². The number of fused-ring (bicyclic) bond motifs is 7. The molecule has 0 aliphatic heterocycles. The number of nitrogens with zero attached hydrogens (tertiary/aromatic N) is 4. The van der Waals surface area contributed by atoms with Crippen molar-refractivity contribution in [1.82, 2.24) is 19.5 Å². The fourth-order valence-electron chi connectivity index (χ4n) is 8.47. The van der Waals surface area contributed by atoms with Gasteiger partial charge in [-0.15, -0.1) is 0 Å². The van der Waals surface area contributed by atoms with Crippen LogP contribution in [-0.2, 0) is 0 Å². The summed E-state index contributed by atoms with van der Waals surface area (Å²) < 4.78 is 52.6. The van der Waals surface area contributed by atoms with Gasteiger partial charge in [-0.2, -0.15) is 0 Å². The van der Waals surface area contributed by atoms with Gasteiger partial charge in [-0.1, -0.05) is 158 Å². The molecule has 0 unspecified atom stereocenters. The van der Waals surface area contributed by atoms with Crippen LogP contribution in [0.2, 0.25) is 0 Å². The van der Waals surface area contributed by atoms with Crippen molar-refractivity contribution < 1.29 is 11.3 Å². The van der Waals surface area contributed by atoms with E-state index in [0.29, 0.717) is 22.3 Å². The van der Waals surface area contributed by atoms with Crippen molar-refractivity contribution in [3.05, 3.63) is 206 Å². The molecule has 5 nitrogen and oxygen atoms in total. The van der Waals surface area contributed by atoms with Crippen molar-refractivity contribution in [2.45, 2.75) is 0 Å². The number of rotatable bonds is 6. The van der Waals surface area contributed by atoms with Gasteiger partial charge in [0.25, 0.3) is 0 Å². The molecule has 0 amide bonds. The van der Waals surface area contributed by atoms with Gasteiger partial charge in [0.1, 0.15) is 11.2 Å². The molecule has 0 aliphatic carbocycles. The fraction of sp³-hybridized carbons (Fsp3) is 0. The maximum absolute atomic E-state index is 8.98. The molecule has 12 rings (SSSR count). The Balaban J connectivity index is 1.15. The van der Waals surface area contributed by atoms with E-state index in [4.69, 9.17) is 26.2 Å². The van der Waals surface area contributed by atoms with Crippen LogP contribution >= 0.6 is 0 Å². The zero-order valence-corrected chi connectivity index (χ0v) is 31.9. The summed E-state index contributed by atoms with van der Waals surface area (Å²) in [5.41, 5.74) is 9.42. The average molecular weight is 772 g/mol. The lowest BCUT2D eigenvalue weighted by Crippen LogP contribution is -2.01. The summed E-state index contributed by atoms with van der Waals surface area (Å²) in [5.74, 6) is 0.435. The predicted octanol–water partition coefficient (Wildman–Crippen LogP) is 14.4. The van der Waals surface area contributed by atoms with Crippen LogP contribution in [0.15, 0.2) is 211 Å². The van der Waals surface area contributed by atoms with E-state index in [2.05, 4.69) is 89.5 Å². The summed E-state index contributed by atoms with van der Waals surface area (Å²) in [4.78, 5) is 15.0. The molecule has 0 atom stereocenters. The first kappa shape index (κ1) is 29.1. The molecule has 0 radical (unpaired) electrons. The Bertz CT molecular complexity index is 3840. The molecule has 3 aromatic heterocycles. The van der Waals surface area contributed by atoms with Gasteiger partial charge < -0.3 is 8.98 Å². The molecule has 60 heavy (non-hydrogen) atoms. The van der Waals surface area contributed by atoms with E-state index < -0.39 is 30.2 Å². The van der Waals surface area contributed by atoms with E-state index in [1.165, 1.54) is 0 Å². The van der Waals surface area contributed by atoms with Gasteiger partial charge in [-0.3, -0.25) is 0 Å². The molecule has 0 saturated carbocycles. The van der Waals surface area contributed by atoms with E-state index in [1.54, 1.807) is 0 Å². The molecule has 280 valence electrons. The van der Waals surface area contributed by atoms with Gasteiger partial charge in [0.15, 0.2) is 17.5 Å². The van der Waals surface area contributed by atoms with Gasteiger partial charge in [-0.25, -0.2) is 15.0 Å². The van der Waals surface area contributed by atoms with Crippen LogP contribution in [0.5, 0.6) is 0 Å². The first-order chi connectivity index (χ1) is 31.8. The smallest absolute Gasteiger partial charge is 0.167 e. The van der Waals surface area contributed by atoms with Crippen molar-refractivity contribution in [2.75, 3.05) is 0 Å². The largest absolute Gasteiger partial charge is 0.455 e. The molecule has 0 aliphatic rings. The highest BCUT2D eigenvalue weighted by molar-refractivity contribution is 6.13. The summed E-state index contributed by atoms with van der Waals surface area (Å²) in [5, 5.41) is 5.93. The highest BCUT2D eigenvalue weighted by atomic mass is 16.3. The van der Waals surface area contributed by atoms with Gasteiger partial charge >= 0.3 is 0 Å². The third kappa shape index (κ3) is 5.67. The number of aromatic nitrogens is 4. The standard InChI is InChI=1S/C55H34N4O/c1-3-14-35(15-4-1)39-20-13-21-40(30-39)41-28-29-46-47-33-43(59-49-24-11-9-22-44(49)45-23-10-12-25-50(45)59)34-48(52(47)60-51(46)32-41)55-57-53(37-17-5-2-6-18-37)56-54(58-55)42-27-26-36-16-7-8-19-38(36)31-42/h1-34H/i2D,5D,6D,17D,18D. The number of para-hydroxylation sites is 2. The molecule has 12 aromatic rings. The Morgan fingerprint density at radius 2 is 1.02 bits per heavy atom. The number of hydrogen-bond donors (Lipinski definition) is 0. The number of hydrogen-bond acceptors (Lipinski definition) is 4. The minimum absolute atomic E-state index is 0.0535. The molecule has 0 fully saturated rings. The second-order valence-corrected chi connectivity index (χ2v) is 14.9. The first-order valence-electron chi connectivity index (χ1n) is 22.3. The molecule has 0 N–H and O–H groups in total. The van der Waals surface area contributed by atoms with Gasteiger partial charge in [0, 0.05) is 38.4 Å². The predicted molar refractivity (Wildman–Crippen MR) is 246 cm³/mol. The molecule has 9 aromatic carbocycles. The minimum atomic E-state index is -0.498. The average Bonchev–Trinajstić information content (AvgIpc) is 3.90. The van der Waals surface area contributed by atoms with Crippen molar-refractivity contribution >= 4 is 54.5 Å². The summed E-state index contributed by atoms with van der Waals surface area (Å²) in [6, 6.07) is 57.4. The lowest BCUT2D eigenvalue weighted by molar-refractivity contribution is 0.669. The van der Waals surface area contributed by atoms with Crippen LogP contribution in [0.3, 0.4) is 0 Å². The molecule has 0 spiro atoms. The Morgan fingerprint density at radius 1 is 0.400 bits per heavy atom. The topological polar surface area (TPSA) is 56.7 Å². The Kier molecular flexibility index (Phi) is 6.68. The van der Waals surface area contributed by atoms with E-state index in [9.17, 15) is 0 Å². The zero-order chi connectivity index (χ0) is 43.9. The van der Waals surface area contributed by atoms with Crippen LogP contribution < -0.4 is 0 Å². The molecule has 3 heterocycles. The van der Waals surface area contributed by atoms with Crippen LogP contribution in [0.1, 0.15) is 6.85 Å². The van der Waals surface area contributed by atoms with E-state index in [1.807, 2.05) is 91.0 Å². The van der Waals surface area contributed by atoms with E-state index in [0.717, 1.165) is 71.3 Å². The monoisotopic (exact) mass is 771 g/mol. The highest BCUT2D eigenvalue weighted by Gasteiger charge is 2.22. The molecular weight excluding hydrogens is 733 g/mol. The summed E-state index contributed by atoms with van der Waals surface area (Å²) in [6.45, 7) is 0. The van der Waals surface area contributed by atoms with Crippen LogP contribution in [-0.4, -0.2) is 19.5 Å². The van der Waals surface area contributed by atoms with Crippen LogP contribution in [0.4, 0.5) is 0 Å². The maximum atomic E-state index is 8.98. The molecule has 5 heteroatoms. The Morgan fingerprint density at radius 3 is 1.80 bits per heavy atom. The van der Waals surface area contributed by atoms with Gasteiger partial charge in [-0.05, 0) is 81.6 Å². The normalized spacial score (nSPS) is 12.8. The fourth-order valence-corrected chi connectivity index (χ4v) is 8.47. The van der Waals surface area contributed by atoms with Gasteiger partial charge in [0.2, 0.25) is 0 Å². The first-order valence-corrected chi connectivity index (χ1v) is 19.8. The summed E-state index contributed by atoms with van der Waals surface area (Å²) in [7, 11) is 0. The van der Waals surface area contributed by atoms with Crippen molar-refractivity contribution in [3.63, 3.8) is 0 Å². The van der Waals surface area contributed by atoms with Crippen molar-refractivity contribution in [2.24, 2.45) is 0 Å². The minimum Gasteiger partial charge on any atom is -0.455 e. The zero-order valence-electron chi connectivity index (χ0n) is 36.9. The van der Waals surface area contributed by atoms with Gasteiger partial charge in [0.05, 0.1) is 23.5 Å². The molecule has 0 bridgehead atoms. The van der Waals surface area contributed by atoms with Crippen molar-refractivity contribution in [3.8, 4) is 62.1 Å². The Hall–Kier alpha value is -8.15. The lowest BCUT2D eigenvalue weighted by Gasteiger charge is -2.13. The third-order valence-corrected chi connectivity index (χ3v) is 11.3. The third-order valence-electron chi connectivity index (χ3n) is 11.3. The summed E-state index contributed by atoms with van der Waals surface area (Å²) in [6.07, 6.45) is 0.